The van der Waals surface area contributed by atoms with Crippen LogP contribution in [0.2, 0.25) is 0 Å². The van der Waals surface area contributed by atoms with Gasteiger partial charge in [-0.05, 0) is 78.6 Å². The monoisotopic (exact) mass is 677 g/mol. The first-order valence-corrected chi connectivity index (χ1v) is 16.5. The van der Waals surface area contributed by atoms with Crippen LogP contribution in [-0.2, 0) is 23.2 Å². The van der Waals surface area contributed by atoms with Crippen molar-refractivity contribution >= 4 is 39.1 Å². The molecule has 0 aliphatic carbocycles. The van der Waals surface area contributed by atoms with Gasteiger partial charge in [-0.15, -0.1) is 0 Å². The van der Waals surface area contributed by atoms with Crippen molar-refractivity contribution in [3.8, 4) is 0 Å². The molecule has 4 aliphatic rings. The van der Waals surface area contributed by atoms with Crippen molar-refractivity contribution in [1.29, 1.82) is 0 Å². The van der Waals surface area contributed by atoms with Gasteiger partial charge in [0.05, 0.1) is 17.8 Å². The summed E-state index contributed by atoms with van der Waals surface area (Å²) >= 11 is 3.03. The molecule has 1 atom stereocenters. The number of carbonyl (C=O) groups is 2. The maximum absolute atomic E-state index is 12.0. The van der Waals surface area contributed by atoms with Gasteiger partial charge in [-0.1, -0.05) is 48.9 Å². The fraction of sp³-hybridized carbons (Fsp3) is 0.471. The SMILES string of the molecule is CN1CCCCC1.Cn1ncc(N)c(Br)c1=O.O=C1CCC(c2ccc(N3CC4(CN(Cc5ccccc5)C4)C3)cc2)C(=O)N1. The van der Waals surface area contributed by atoms with E-state index in [0.29, 0.717) is 28.4 Å². The zero-order valence-corrected chi connectivity index (χ0v) is 27.8. The Kier molecular flexibility index (Phi) is 10.7. The van der Waals surface area contributed by atoms with Crippen molar-refractivity contribution < 1.29 is 9.59 Å². The number of nitrogens with zero attached hydrogens (tertiary/aromatic N) is 5. The zero-order valence-electron chi connectivity index (χ0n) is 26.3. The molecule has 1 unspecified atom stereocenters. The smallest absolute Gasteiger partial charge is 0.282 e. The van der Waals surface area contributed by atoms with Gasteiger partial charge in [-0.2, -0.15) is 5.10 Å². The molecule has 1 spiro atoms. The third kappa shape index (κ3) is 8.39. The number of aryl methyl sites for hydroxylation is 1. The Morgan fingerprint density at radius 1 is 0.933 bits per heavy atom. The molecule has 0 bridgehead atoms. The Hall–Kier alpha value is -3.54. The standard InChI is InChI=1S/C23H25N3O2.C6H13N.C5H6BrN3O/c27-21-11-10-20(22(28)24-21)18-6-8-19(9-7-18)26-15-23(16-26)13-25(14-23)12-17-4-2-1-3-5-17;1-7-5-3-2-4-6-7;1-9-5(10)4(6)3(7)2-8-9/h1-9,20H,10-16H2,(H,24,27,28);2-6H2,1H3;2H,7H2,1H3. The molecule has 2 aromatic carbocycles. The Morgan fingerprint density at radius 2 is 1.60 bits per heavy atom. The number of imide groups is 1. The van der Waals surface area contributed by atoms with E-state index in [1.54, 1.807) is 7.05 Å². The lowest BCUT2D eigenvalue weighted by atomic mass is 9.72. The minimum absolute atomic E-state index is 0.162. The van der Waals surface area contributed by atoms with Crippen molar-refractivity contribution in [2.75, 3.05) is 56.9 Å². The summed E-state index contributed by atoms with van der Waals surface area (Å²) in [4.78, 5) is 41.7. The number of carbonyl (C=O) groups excluding carboxylic acids is 2. The quantitative estimate of drug-likeness (QED) is 0.401. The molecular formula is C34H44BrN7O3. The maximum atomic E-state index is 12.0. The van der Waals surface area contributed by atoms with Crippen LogP contribution in [0.5, 0.6) is 0 Å². The van der Waals surface area contributed by atoms with Gasteiger partial charge < -0.3 is 15.5 Å². The van der Waals surface area contributed by atoms with Gasteiger partial charge in [-0.3, -0.25) is 24.6 Å². The molecule has 11 heteroatoms. The Morgan fingerprint density at radius 3 is 2.18 bits per heavy atom. The maximum Gasteiger partial charge on any atom is 0.282 e. The topological polar surface area (TPSA) is 117 Å². The van der Waals surface area contributed by atoms with Crippen LogP contribution >= 0.6 is 15.9 Å². The molecule has 2 amide bonds. The summed E-state index contributed by atoms with van der Waals surface area (Å²) in [6.45, 7) is 8.24. The molecule has 3 aromatic rings. The number of nitrogen functional groups attached to an aromatic ring is 1. The fourth-order valence-corrected chi connectivity index (χ4v) is 6.87. The minimum atomic E-state index is -0.222. The summed E-state index contributed by atoms with van der Waals surface area (Å²) in [5, 5.41) is 6.13. The fourth-order valence-electron chi connectivity index (χ4n) is 6.51. The molecule has 45 heavy (non-hydrogen) atoms. The highest BCUT2D eigenvalue weighted by Gasteiger charge is 2.51. The van der Waals surface area contributed by atoms with Crippen LogP contribution < -0.4 is 21.5 Å². The van der Waals surface area contributed by atoms with E-state index in [9.17, 15) is 14.4 Å². The molecule has 7 rings (SSSR count). The van der Waals surface area contributed by atoms with Crippen molar-refractivity contribution in [2.24, 2.45) is 12.5 Å². The highest BCUT2D eigenvalue weighted by molar-refractivity contribution is 9.10. The summed E-state index contributed by atoms with van der Waals surface area (Å²) in [7, 11) is 3.76. The predicted octanol–water partition coefficient (Wildman–Crippen LogP) is 3.76. The molecule has 5 heterocycles. The van der Waals surface area contributed by atoms with Crippen molar-refractivity contribution in [2.45, 2.75) is 44.6 Å². The summed E-state index contributed by atoms with van der Waals surface area (Å²) in [5.41, 5.74) is 9.58. The first kappa shape index (κ1) is 32.8. The number of rotatable bonds is 4. The molecule has 0 radical (unpaired) electrons. The van der Waals surface area contributed by atoms with Gasteiger partial charge in [0, 0.05) is 57.3 Å². The van der Waals surface area contributed by atoms with Crippen molar-refractivity contribution in [1.82, 2.24) is 24.9 Å². The van der Waals surface area contributed by atoms with E-state index in [2.05, 4.69) is 90.6 Å². The zero-order chi connectivity index (χ0) is 32.0. The summed E-state index contributed by atoms with van der Waals surface area (Å²) < 4.78 is 1.57. The normalized spacial score (nSPS) is 21.0. The largest absolute Gasteiger partial charge is 0.396 e. The number of hydrogen-bond donors (Lipinski definition) is 2. The van der Waals surface area contributed by atoms with Gasteiger partial charge >= 0.3 is 0 Å². The number of benzene rings is 2. The van der Waals surface area contributed by atoms with Crippen LogP contribution in [0.25, 0.3) is 0 Å². The summed E-state index contributed by atoms with van der Waals surface area (Å²) in [6, 6.07) is 19.0. The Bertz CT molecular complexity index is 1510. The van der Waals surface area contributed by atoms with E-state index in [1.165, 1.54) is 67.6 Å². The number of likely N-dealkylation sites (tertiary alicyclic amines) is 2. The number of aromatic nitrogens is 2. The van der Waals surface area contributed by atoms with E-state index in [0.717, 1.165) is 25.2 Å². The number of hydrogen-bond acceptors (Lipinski definition) is 8. The second-order valence-electron chi connectivity index (χ2n) is 12.8. The molecule has 4 aliphatic heterocycles. The average molecular weight is 679 g/mol. The van der Waals surface area contributed by atoms with Gasteiger partial charge in [0.1, 0.15) is 4.47 Å². The molecular weight excluding hydrogens is 634 g/mol. The molecule has 10 nitrogen and oxygen atoms in total. The van der Waals surface area contributed by atoms with Crippen molar-refractivity contribution in [3.63, 3.8) is 0 Å². The molecule has 0 saturated carbocycles. The Labute approximate surface area is 273 Å². The van der Waals surface area contributed by atoms with Crippen LogP contribution in [0.4, 0.5) is 11.4 Å². The number of halogens is 1. The number of nitrogens with two attached hydrogens (primary N) is 1. The number of amides is 2. The summed E-state index contributed by atoms with van der Waals surface area (Å²) in [5.74, 6) is -0.530. The van der Waals surface area contributed by atoms with Gasteiger partial charge in [-0.25, -0.2) is 4.68 Å². The van der Waals surface area contributed by atoms with E-state index >= 15 is 0 Å². The lowest BCUT2D eigenvalue weighted by Crippen LogP contribution is -2.71. The molecule has 4 saturated heterocycles. The third-order valence-corrected chi connectivity index (χ3v) is 9.80. The molecule has 3 N–H and O–H groups in total. The van der Waals surface area contributed by atoms with Crippen LogP contribution in [0.3, 0.4) is 0 Å². The highest BCUT2D eigenvalue weighted by atomic mass is 79.9. The number of nitrogens with one attached hydrogen (secondary N) is 1. The second kappa shape index (κ2) is 14.7. The van der Waals surface area contributed by atoms with E-state index in [-0.39, 0.29) is 23.3 Å². The van der Waals surface area contributed by atoms with Crippen LogP contribution in [0, 0.1) is 5.41 Å². The van der Waals surface area contributed by atoms with Gasteiger partial charge in [0.2, 0.25) is 11.8 Å². The van der Waals surface area contributed by atoms with E-state index in [4.69, 9.17) is 5.73 Å². The molecule has 240 valence electrons. The summed E-state index contributed by atoms with van der Waals surface area (Å²) in [6.07, 6.45) is 6.73. The first-order valence-electron chi connectivity index (χ1n) is 15.7. The lowest BCUT2D eigenvalue weighted by molar-refractivity contribution is -0.134. The average Bonchev–Trinajstić information content (AvgIpc) is 3.00. The van der Waals surface area contributed by atoms with E-state index < -0.39 is 0 Å². The van der Waals surface area contributed by atoms with Gasteiger partial charge in [0.25, 0.3) is 5.56 Å². The van der Waals surface area contributed by atoms with Crippen LogP contribution in [-0.4, -0.2) is 77.7 Å². The van der Waals surface area contributed by atoms with Crippen LogP contribution in [0.15, 0.2) is 70.1 Å². The van der Waals surface area contributed by atoms with Crippen LogP contribution in [0.1, 0.15) is 49.1 Å². The third-order valence-electron chi connectivity index (χ3n) is 9.00. The second-order valence-corrected chi connectivity index (χ2v) is 13.6. The molecule has 1 aromatic heterocycles. The van der Waals surface area contributed by atoms with Gasteiger partial charge in [0.15, 0.2) is 0 Å². The van der Waals surface area contributed by atoms with E-state index in [1.807, 2.05) is 12.1 Å². The van der Waals surface area contributed by atoms with Crippen molar-refractivity contribution in [3.05, 3.63) is 86.7 Å². The number of anilines is 2. The first-order chi connectivity index (χ1) is 21.6. The Balaban J connectivity index is 0.000000192. The lowest BCUT2D eigenvalue weighted by Gasteiger charge is -2.61. The molecule has 4 fully saturated rings. The predicted molar refractivity (Wildman–Crippen MR) is 181 cm³/mol. The highest BCUT2D eigenvalue weighted by Crippen LogP contribution is 2.42. The number of piperidine rings is 2. The minimum Gasteiger partial charge on any atom is -0.396 e.